The molecule has 164 valence electrons. The fourth-order valence-electron chi connectivity index (χ4n) is 3.42. The normalized spacial score (nSPS) is 15.7. The largest absolute Gasteiger partial charge is 0.382 e. The smallest absolute Gasteiger partial charge is 0.251 e. The number of amides is 3. The Morgan fingerprint density at radius 2 is 2.00 bits per heavy atom. The monoisotopic (exact) mass is 487 g/mol. The van der Waals surface area contributed by atoms with Crippen molar-refractivity contribution in [2.45, 2.75) is 19.8 Å². The van der Waals surface area contributed by atoms with Crippen LogP contribution in [-0.4, -0.2) is 44.0 Å². The standard InChI is InChI=1S/C23H26BrN3O4/c1-2-31-14-6-12-25-21(28)16-7-5-8-17(15-16)26-22(29)18-11-13-27(23(18)30)20-10-4-3-9-19(20)24/h3-5,7-10,15,18H,2,6,11-14H2,1H3,(H,25,28)(H,26,29). The third-order valence-corrected chi connectivity index (χ3v) is 5.68. The van der Waals surface area contributed by atoms with Crippen molar-refractivity contribution in [3.05, 3.63) is 58.6 Å². The number of rotatable bonds is 9. The average molecular weight is 488 g/mol. The number of halogens is 1. The molecule has 2 N–H and O–H groups in total. The summed E-state index contributed by atoms with van der Waals surface area (Å²) in [5.41, 5.74) is 1.69. The summed E-state index contributed by atoms with van der Waals surface area (Å²) in [5, 5.41) is 5.61. The van der Waals surface area contributed by atoms with E-state index in [1.54, 1.807) is 29.2 Å². The number of benzene rings is 2. The highest BCUT2D eigenvalue weighted by molar-refractivity contribution is 9.10. The number of carbonyl (C=O) groups is 3. The van der Waals surface area contributed by atoms with Gasteiger partial charge in [-0.25, -0.2) is 0 Å². The minimum absolute atomic E-state index is 0.218. The minimum Gasteiger partial charge on any atom is -0.382 e. The molecule has 8 heteroatoms. The van der Waals surface area contributed by atoms with Crippen molar-refractivity contribution in [2.75, 3.05) is 36.5 Å². The van der Waals surface area contributed by atoms with Gasteiger partial charge in [0.05, 0.1) is 5.69 Å². The van der Waals surface area contributed by atoms with E-state index in [1.165, 1.54) is 0 Å². The Labute approximate surface area is 190 Å². The van der Waals surface area contributed by atoms with Crippen LogP contribution in [0.5, 0.6) is 0 Å². The summed E-state index contributed by atoms with van der Waals surface area (Å²) in [7, 11) is 0. The first kappa shape index (κ1) is 23.0. The first-order valence-corrected chi connectivity index (χ1v) is 11.1. The van der Waals surface area contributed by atoms with E-state index >= 15 is 0 Å². The Balaban J connectivity index is 1.58. The van der Waals surface area contributed by atoms with Crippen LogP contribution in [0, 0.1) is 5.92 Å². The van der Waals surface area contributed by atoms with Crippen molar-refractivity contribution >= 4 is 45.0 Å². The van der Waals surface area contributed by atoms with E-state index in [0.717, 1.165) is 16.6 Å². The van der Waals surface area contributed by atoms with Crippen LogP contribution < -0.4 is 15.5 Å². The molecule has 1 heterocycles. The molecule has 1 saturated heterocycles. The quantitative estimate of drug-likeness (QED) is 0.417. The summed E-state index contributed by atoms with van der Waals surface area (Å²) in [6.07, 6.45) is 1.17. The molecule has 31 heavy (non-hydrogen) atoms. The number of hydrogen-bond acceptors (Lipinski definition) is 4. The zero-order chi connectivity index (χ0) is 22.2. The van der Waals surface area contributed by atoms with Crippen LogP contribution in [0.2, 0.25) is 0 Å². The molecule has 0 radical (unpaired) electrons. The number of para-hydroxylation sites is 1. The molecule has 3 amide bonds. The summed E-state index contributed by atoms with van der Waals surface area (Å²) in [5.74, 6) is -1.57. The first-order chi connectivity index (χ1) is 15.0. The van der Waals surface area contributed by atoms with E-state index in [1.807, 2.05) is 31.2 Å². The van der Waals surface area contributed by atoms with Crippen molar-refractivity contribution in [3.63, 3.8) is 0 Å². The molecule has 1 unspecified atom stereocenters. The summed E-state index contributed by atoms with van der Waals surface area (Å²) >= 11 is 3.46. The van der Waals surface area contributed by atoms with Gasteiger partial charge in [-0.1, -0.05) is 18.2 Å². The Morgan fingerprint density at radius 3 is 2.77 bits per heavy atom. The fourth-order valence-corrected chi connectivity index (χ4v) is 3.92. The van der Waals surface area contributed by atoms with E-state index in [4.69, 9.17) is 4.74 Å². The SMILES string of the molecule is CCOCCCNC(=O)c1cccc(NC(=O)C2CCN(c3ccccc3Br)C2=O)c1. The van der Waals surface area contributed by atoms with Crippen molar-refractivity contribution in [2.24, 2.45) is 5.92 Å². The molecule has 2 aromatic carbocycles. The van der Waals surface area contributed by atoms with Crippen LogP contribution in [0.15, 0.2) is 53.0 Å². The van der Waals surface area contributed by atoms with Gasteiger partial charge in [0, 0.05) is 42.0 Å². The van der Waals surface area contributed by atoms with Crippen molar-refractivity contribution in [1.29, 1.82) is 0 Å². The van der Waals surface area contributed by atoms with E-state index in [9.17, 15) is 14.4 Å². The van der Waals surface area contributed by atoms with Crippen LogP contribution in [0.3, 0.4) is 0 Å². The van der Waals surface area contributed by atoms with E-state index in [2.05, 4.69) is 26.6 Å². The lowest BCUT2D eigenvalue weighted by Crippen LogP contribution is -2.33. The van der Waals surface area contributed by atoms with E-state index < -0.39 is 5.92 Å². The van der Waals surface area contributed by atoms with Gasteiger partial charge in [-0.05, 0) is 66.0 Å². The number of nitrogens with one attached hydrogen (secondary N) is 2. The molecule has 2 aromatic rings. The molecule has 0 spiro atoms. The second kappa shape index (κ2) is 11.1. The summed E-state index contributed by atoms with van der Waals surface area (Å²) in [4.78, 5) is 39.5. The lowest BCUT2D eigenvalue weighted by atomic mass is 10.1. The first-order valence-electron chi connectivity index (χ1n) is 10.3. The molecule has 0 bridgehead atoms. The molecule has 0 aliphatic carbocycles. The molecule has 0 aromatic heterocycles. The topological polar surface area (TPSA) is 87.7 Å². The highest BCUT2D eigenvalue weighted by atomic mass is 79.9. The third-order valence-electron chi connectivity index (χ3n) is 5.01. The number of nitrogens with zero attached hydrogens (tertiary/aromatic N) is 1. The zero-order valence-electron chi connectivity index (χ0n) is 17.4. The van der Waals surface area contributed by atoms with Crippen LogP contribution in [-0.2, 0) is 14.3 Å². The second-order valence-electron chi connectivity index (χ2n) is 7.16. The molecule has 1 aliphatic heterocycles. The number of ether oxygens (including phenoxy) is 1. The predicted molar refractivity (Wildman–Crippen MR) is 123 cm³/mol. The predicted octanol–water partition coefficient (Wildman–Crippen LogP) is 3.60. The van der Waals surface area contributed by atoms with Gasteiger partial charge in [-0.3, -0.25) is 14.4 Å². The lowest BCUT2D eigenvalue weighted by Gasteiger charge is -2.18. The van der Waals surface area contributed by atoms with E-state index in [0.29, 0.717) is 44.0 Å². The average Bonchev–Trinajstić information content (AvgIpc) is 3.15. The number of carbonyl (C=O) groups excluding carboxylic acids is 3. The Hall–Kier alpha value is -2.71. The molecular weight excluding hydrogens is 462 g/mol. The van der Waals surface area contributed by atoms with Crippen molar-refractivity contribution in [1.82, 2.24) is 5.32 Å². The maximum Gasteiger partial charge on any atom is 0.251 e. The molecule has 1 fully saturated rings. The third kappa shape index (κ3) is 5.92. The Morgan fingerprint density at radius 1 is 1.19 bits per heavy atom. The molecule has 1 aliphatic rings. The van der Waals surface area contributed by atoms with Gasteiger partial charge in [-0.2, -0.15) is 0 Å². The van der Waals surface area contributed by atoms with Crippen molar-refractivity contribution in [3.8, 4) is 0 Å². The second-order valence-corrected chi connectivity index (χ2v) is 8.01. The van der Waals surface area contributed by atoms with Gasteiger partial charge >= 0.3 is 0 Å². The zero-order valence-corrected chi connectivity index (χ0v) is 19.0. The fraction of sp³-hybridized carbons (Fsp3) is 0.348. The molecule has 0 saturated carbocycles. The molecule has 1 atom stereocenters. The number of hydrogen-bond donors (Lipinski definition) is 2. The summed E-state index contributed by atoms with van der Waals surface area (Å²) in [6.45, 7) is 4.16. The van der Waals surface area contributed by atoms with Gasteiger partial charge in [0.25, 0.3) is 5.91 Å². The van der Waals surface area contributed by atoms with Crippen LogP contribution in [0.4, 0.5) is 11.4 Å². The van der Waals surface area contributed by atoms with Crippen LogP contribution in [0.1, 0.15) is 30.1 Å². The van der Waals surface area contributed by atoms with Crippen LogP contribution in [0.25, 0.3) is 0 Å². The maximum atomic E-state index is 12.8. The molecule has 3 rings (SSSR count). The van der Waals surface area contributed by atoms with Gasteiger partial charge in [0.15, 0.2) is 0 Å². The van der Waals surface area contributed by atoms with Gasteiger partial charge in [0.2, 0.25) is 11.8 Å². The highest BCUT2D eigenvalue weighted by Gasteiger charge is 2.38. The summed E-state index contributed by atoms with van der Waals surface area (Å²) in [6, 6.07) is 14.1. The van der Waals surface area contributed by atoms with Crippen molar-refractivity contribution < 1.29 is 19.1 Å². The number of anilines is 2. The molecular formula is C23H26BrN3O4. The lowest BCUT2D eigenvalue weighted by molar-refractivity contribution is -0.129. The van der Waals surface area contributed by atoms with Gasteiger partial charge in [0.1, 0.15) is 5.92 Å². The van der Waals surface area contributed by atoms with Gasteiger partial charge in [-0.15, -0.1) is 0 Å². The summed E-state index contributed by atoms with van der Waals surface area (Å²) < 4.78 is 6.06. The highest BCUT2D eigenvalue weighted by Crippen LogP contribution is 2.31. The Kier molecular flexibility index (Phi) is 8.20. The van der Waals surface area contributed by atoms with E-state index in [-0.39, 0.29) is 17.7 Å². The molecule has 7 nitrogen and oxygen atoms in total. The van der Waals surface area contributed by atoms with Gasteiger partial charge < -0.3 is 20.3 Å². The maximum absolute atomic E-state index is 12.8. The Bertz CT molecular complexity index is 950. The van der Waals surface area contributed by atoms with Crippen LogP contribution >= 0.6 is 15.9 Å². The minimum atomic E-state index is -0.761.